The standard InChI is InChI=1S/C23H44N2O/c1-5-8-9-10-11-12-13-14-15-16-17-18-19-24-23(26)22-25(4,20-6-2)21-7-3/h6-7H,2-3,5,8-22H2,1,4H3/p+1. The van der Waals surface area contributed by atoms with Gasteiger partial charge in [0.15, 0.2) is 6.54 Å². The van der Waals surface area contributed by atoms with E-state index in [4.69, 9.17) is 0 Å². The highest BCUT2D eigenvalue weighted by Crippen LogP contribution is 2.11. The summed E-state index contributed by atoms with van der Waals surface area (Å²) in [7, 11) is 2.08. The molecule has 0 aliphatic heterocycles. The van der Waals surface area contributed by atoms with E-state index in [2.05, 4.69) is 32.4 Å². The van der Waals surface area contributed by atoms with E-state index in [0.717, 1.165) is 26.1 Å². The van der Waals surface area contributed by atoms with Gasteiger partial charge in [0.05, 0.1) is 20.1 Å². The fraction of sp³-hybridized carbons (Fsp3) is 0.783. The van der Waals surface area contributed by atoms with Crippen LogP contribution < -0.4 is 5.32 Å². The Morgan fingerprint density at radius 3 is 1.65 bits per heavy atom. The van der Waals surface area contributed by atoms with Crippen LogP contribution in [0.3, 0.4) is 0 Å². The van der Waals surface area contributed by atoms with E-state index in [1.807, 2.05) is 12.2 Å². The lowest BCUT2D eigenvalue weighted by atomic mass is 10.1. The number of hydrogen-bond acceptors (Lipinski definition) is 1. The molecule has 1 amide bonds. The van der Waals surface area contributed by atoms with E-state index in [9.17, 15) is 4.79 Å². The van der Waals surface area contributed by atoms with Crippen LogP contribution in [0, 0.1) is 0 Å². The predicted octanol–water partition coefficient (Wildman–Crippen LogP) is 5.62. The first-order valence-corrected chi connectivity index (χ1v) is 10.9. The molecule has 0 rings (SSSR count). The van der Waals surface area contributed by atoms with E-state index < -0.39 is 0 Å². The van der Waals surface area contributed by atoms with Gasteiger partial charge in [-0.3, -0.25) is 4.79 Å². The molecule has 152 valence electrons. The smallest absolute Gasteiger partial charge is 0.275 e. The van der Waals surface area contributed by atoms with Crippen molar-refractivity contribution in [2.45, 2.75) is 84.0 Å². The van der Waals surface area contributed by atoms with E-state index in [1.54, 1.807) is 0 Å². The number of likely N-dealkylation sites (N-methyl/N-ethyl adjacent to an activating group) is 1. The average Bonchev–Trinajstić information content (AvgIpc) is 2.59. The SMILES string of the molecule is C=CC[N+](C)(CC=C)CC(=O)NCCCCCCCCCCCCCC. The van der Waals surface area contributed by atoms with Crippen LogP contribution in [-0.4, -0.2) is 43.6 Å². The Kier molecular flexibility index (Phi) is 16.6. The number of unbranched alkanes of at least 4 members (excludes halogenated alkanes) is 11. The molecule has 3 nitrogen and oxygen atoms in total. The predicted molar refractivity (Wildman–Crippen MR) is 115 cm³/mol. The minimum atomic E-state index is 0.138. The molecule has 0 bridgehead atoms. The molecule has 0 radical (unpaired) electrons. The highest BCUT2D eigenvalue weighted by molar-refractivity contribution is 5.77. The van der Waals surface area contributed by atoms with Gasteiger partial charge in [0, 0.05) is 6.54 Å². The summed E-state index contributed by atoms with van der Waals surface area (Å²) >= 11 is 0. The maximum Gasteiger partial charge on any atom is 0.275 e. The van der Waals surface area contributed by atoms with Crippen molar-refractivity contribution in [2.75, 3.05) is 33.2 Å². The van der Waals surface area contributed by atoms with Crippen LogP contribution in [0.4, 0.5) is 0 Å². The van der Waals surface area contributed by atoms with Crippen molar-refractivity contribution in [1.82, 2.24) is 5.32 Å². The third-order valence-corrected chi connectivity index (χ3v) is 5.02. The first-order valence-electron chi connectivity index (χ1n) is 10.9. The highest BCUT2D eigenvalue weighted by atomic mass is 16.2. The Balaban J connectivity index is 3.50. The molecule has 0 aliphatic rings. The highest BCUT2D eigenvalue weighted by Gasteiger charge is 2.22. The minimum Gasteiger partial charge on any atom is -0.351 e. The van der Waals surface area contributed by atoms with Gasteiger partial charge in [0.1, 0.15) is 0 Å². The van der Waals surface area contributed by atoms with Crippen molar-refractivity contribution in [3.8, 4) is 0 Å². The van der Waals surface area contributed by atoms with Crippen LogP contribution in [0.15, 0.2) is 25.3 Å². The Morgan fingerprint density at radius 2 is 1.23 bits per heavy atom. The van der Waals surface area contributed by atoms with Crippen LogP contribution in [0.1, 0.15) is 84.0 Å². The number of hydrogen-bond donors (Lipinski definition) is 1. The molecule has 0 unspecified atom stereocenters. The zero-order valence-electron chi connectivity index (χ0n) is 17.7. The van der Waals surface area contributed by atoms with Crippen LogP contribution in [0.2, 0.25) is 0 Å². The quantitative estimate of drug-likeness (QED) is 0.180. The van der Waals surface area contributed by atoms with Crippen LogP contribution in [0.5, 0.6) is 0 Å². The van der Waals surface area contributed by atoms with Gasteiger partial charge in [-0.15, -0.1) is 0 Å². The maximum absolute atomic E-state index is 12.1. The summed E-state index contributed by atoms with van der Waals surface area (Å²) < 4.78 is 0.650. The second-order valence-electron chi connectivity index (χ2n) is 7.96. The zero-order chi connectivity index (χ0) is 19.5. The van der Waals surface area contributed by atoms with Crippen molar-refractivity contribution < 1.29 is 9.28 Å². The molecular weight excluding hydrogens is 320 g/mol. The van der Waals surface area contributed by atoms with Crippen molar-refractivity contribution >= 4 is 5.91 Å². The summed E-state index contributed by atoms with van der Waals surface area (Å²) in [6, 6.07) is 0. The number of rotatable bonds is 19. The second-order valence-corrected chi connectivity index (χ2v) is 7.96. The fourth-order valence-corrected chi connectivity index (χ4v) is 3.42. The molecule has 1 N–H and O–H groups in total. The normalized spacial score (nSPS) is 11.3. The molecular formula is C23H45N2O+. The number of nitrogens with one attached hydrogen (secondary N) is 1. The average molecular weight is 366 g/mol. The lowest BCUT2D eigenvalue weighted by Gasteiger charge is -2.31. The summed E-state index contributed by atoms with van der Waals surface area (Å²) in [6.07, 6.45) is 19.9. The Labute approximate surface area is 163 Å². The van der Waals surface area contributed by atoms with E-state index in [1.165, 1.54) is 70.6 Å². The molecule has 0 saturated carbocycles. The minimum absolute atomic E-state index is 0.138. The molecule has 0 saturated heterocycles. The van der Waals surface area contributed by atoms with Gasteiger partial charge >= 0.3 is 0 Å². The second kappa shape index (κ2) is 17.3. The first kappa shape index (κ1) is 24.9. The summed E-state index contributed by atoms with van der Waals surface area (Å²) in [5.41, 5.74) is 0. The van der Waals surface area contributed by atoms with Gasteiger partial charge in [-0.2, -0.15) is 0 Å². The molecule has 0 aliphatic carbocycles. The number of amides is 1. The number of carbonyl (C=O) groups excluding carboxylic acids is 1. The Bertz CT molecular complexity index is 355. The maximum atomic E-state index is 12.1. The number of nitrogens with zero attached hydrogens (tertiary/aromatic N) is 1. The number of quaternary nitrogens is 1. The molecule has 0 aromatic carbocycles. The molecule has 0 atom stereocenters. The Hall–Kier alpha value is -1.09. The van der Waals surface area contributed by atoms with Gasteiger partial charge in [-0.1, -0.05) is 90.7 Å². The number of carbonyl (C=O) groups is 1. The molecule has 0 aromatic heterocycles. The van der Waals surface area contributed by atoms with Gasteiger partial charge in [-0.05, 0) is 18.6 Å². The van der Waals surface area contributed by atoms with Crippen molar-refractivity contribution in [1.29, 1.82) is 0 Å². The van der Waals surface area contributed by atoms with Crippen LogP contribution >= 0.6 is 0 Å². The molecule has 3 heteroatoms. The molecule has 26 heavy (non-hydrogen) atoms. The van der Waals surface area contributed by atoms with Gasteiger partial charge in [0.25, 0.3) is 5.91 Å². The molecule has 0 aromatic rings. The summed E-state index contributed by atoms with van der Waals surface area (Å²) in [4.78, 5) is 12.1. The van der Waals surface area contributed by atoms with E-state index in [-0.39, 0.29) is 5.91 Å². The van der Waals surface area contributed by atoms with Gasteiger partial charge in [0.2, 0.25) is 0 Å². The van der Waals surface area contributed by atoms with E-state index >= 15 is 0 Å². The zero-order valence-corrected chi connectivity index (χ0v) is 17.7. The largest absolute Gasteiger partial charge is 0.351 e. The van der Waals surface area contributed by atoms with Crippen molar-refractivity contribution in [2.24, 2.45) is 0 Å². The van der Waals surface area contributed by atoms with Crippen LogP contribution in [0.25, 0.3) is 0 Å². The summed E-state index contributed by atoms with van der Waals surface area (Å²) in [5.74, 6) is 0.138. The Morgan fingerprint density at radius 1 is 0.808 bits per heavy atom. The third kappa shape index (κ3) is 15.2. The molecule has 0 fully saturated rings. The topological polar surface area (TPSA) is 29.1 Å². The summed E-state index contributed by atoms with van der Waals surface area (Å²) in [6.45, 7) is 12.7. The molecule has 0 heterocycles. The lowest BCUT2D eigenvalue weighted by molar-refractivity contribution is -0.890. The van der Waals surface area contributed by atoms with Gasteiger partial charge < -0.3 is 9.80 Å². The third-order valence-electron chi connectivity index (χ3n) is 5.02. The van der Waals surface area contributed by atoms with Crippen molar-refractivity contribution in [3.63, 3.8) is 0 Å². The van der Waals surface area contributed by atoms with Crippen LogP contribution in [-0.2, 0) is 4.79 Å². The van der Waals surface area contributed by atoms with Crippen molar-refractivity contribution in [3.05, 3.63) is 25.3 Å². The first-order chi connectivity index (χ1) is 12.6. The van der Waals surface area contributed by atoms with E-state index in [0.29, 0.717) is 11.0 Å². The van der Waals surface area contributed by atoms with Gasteiger partial charge in [-0.25, -0.2) is 0 Å². The summed E-state index contributed by atoms with van der Waals surface area (Å²) in [5, 5.41) is 3.07. The fourth-order valence-electron chi connectivity index (χ4n) is 3.42. The molecule has 0 spiro atoms. The lowest BCUT2D eigenvalue weighted by Crippen LogP contribution is -2.50. The monoisotopic (exact) mass is 365 g/mol.